The molecule has 1 aliphatic rings. The third-order valence-electron chi connectivity index (χ3n) is 5.63. The van der Waals surface area contributed by atoms with Gasteiger partial charge >= 0.3 is 5.97 Å². The van der Waals surface area contributed by atoms with Crippen LogP contribution in [-0.4, -0.2) is 61.6 Å². The van der Waals surface area contributed by atoms with Crippen LogP contribution in [0.2, 0.25) is 0 Å². The van der Waals surface area contributed by atoms with Crippen LogP contribution < -0.4 is 5.32 Å². The molecule has 3 aromatic rings. The number of aliphatic hydroxyl groups excluding tert-OH is 2. The molecule has 10 nitrogen and oxygen atoms in total. The number of benzene rings is 1. The molecule has 180 valence electrons. The van der Waals surface area contributed by atoms with Gasteiger partial charge in [0.25, 0.3) is 5.91 Å². The molecule has 4 atom stereocenters. The summed E-state index contributed by atoms with van der Waals surface area (Å²) in [6.07, 6.45) is -2.08. The summed E-state index contributed by atoms with van der Waals surface area (Å²) in [6, 6.07) is 12.3. The van der Waals surface area contributed by atoms with Gasteiger partial charge < -0.3 is 25.0 Å². The maximum atomic E-state index is 12.6. The van der Waals surface area contributed by atoms with Crippen molar-refractivity contribution in [3.63, 3.8) is 0 Å². The summed E-state index contributed by atoms with van der Waals surface area (Å²) >= 11 is 0. The molecule has 34 heavy (non-hydrogen) atoms. The van der Waals surface area contributed by atoms with Gasteiger partial charge in [-0.05, 0) is 30.2 Å². The molecule has 1 aliphatic heterocycles. The molecular formula is C24H28N4O6. The highest BCUT2D eigenvalue weighted by Gasteiger charge is 2.39. The van der Waals surface area contributed by atoms with Gasteiger partial charge in [-0.2, -0.15) is 5.10 Å². The first-order valence-electron chi connectivity index (χ1n) is 11.2. The number of aromatic nitrogens is 3. The number of carbonyl (C=O) groups excluding carboxylic acids is 2. The quantitative estimate of drug-likeness (QED) is 0.449. The van der Waals surface area contributed by atoms with Gasteiger partial charge in [-0.3, -0.25) is 9.59 Å². The molecule has 1 saturated heterocycles. The lowest BCUT2D eigenvalue weighted by molar-refractivity contribution is -0.192. The fourth-order valence-corrected chi connectivity index (χ4v) is 3.91. The van der Waals surface area contributed by atoms with Crippen LogP contribution in [0.5, 0.6) is 0 Å². The number of esters is 1. The summed E-state index contributed by atoms with van der Waals surface area (Å²) in [5, 5.41) is 27.9. The topological polar surface area (TPSA) is 135 Å². The van der Waals surface area contributed by atoms with Crippen LogP contribution in [0.15, 0.2) is 48.8 Å². The fraction of sp³-hybridized carbons (Fsp3) is 0.417. The number of hydrogen-bond donors (Lipinski definition) is 3. The van der Waals surface area contributed by atoms with Crippen molar-refractivity contribution in [3.05, 3.63) is 60.0 Å². The second kappa shape index (κ2) is 10.3. The minimum Gasteiger partial charge on any atom is -0.463 e. The molecule has 0 unspecified atom stereocenters. The van der Waals surface area contributed by atoms with Crippen molar-refractivity contribution in [2.24, 2.45) is 5.92 Å². The minimum atomic E-state index is -1.19. The number of rotatable bonds is 7. The average Bonchev–Trinajstić information content (AvgIpc) is 3.25. The van der Waals surface area contributed by atoms with E-state index in [-0.39, 0.29) is 37.2 Å². The highest BCUT2D eigenvalue weighted by Crippen LogP contribution is 2.33. The second-order valence-corrected chi connectivity index (χ2v) is 8.72. The third-order valence-corrected chi connectivity index (χ3v) is 5.63. The lowest BCUT2D eigenvalue weighted by Gasteiger charge is -2.36. The summed E-state index contributed by atoms with van der Waals surface area (Å²) in [6.45, 7) is 3.64. The van der Waals surface area contributed by atoms with E-state index < -0.39 is 24.4 Å². The van der Waals surface area contributed by atoms with Gasteiger partial charge in [0.15, 0.2) is 5.82 Å². The Morgan fingerprint density at radius 1 is 1.21 bits per heavy atom. The van der Waals surface area contributed by atoms with Crippen LogP contribution in [-0.2, 0) is 14.3 Å². The molecule has 3 N–H and O–H groups in total. The zero-order valence-electron chi connectivity index (χ0n) is 19.0. The van der Waals surface area contributed by atoms with Gasteiger partial charge in [-0.25, -0.2) is 9.50 Å². The SMILES string of the molecule is CC(C)CC(=O)OC[C@H]1O[C@@H](c2ccc3c(NC(=O)c4ccccc4)ncnn23)C[C@H](O)[C@@H]1O. The van der Waals surface area contributed by atoms with Gasteiger partial charge in [-0.15, -0.1) is 0 Å². The molecule has 2 aromatic heterocycles. The maximum absolute atomic E-state index is 12.6. The first-order valence-corrected chi connectivity index (χ1v) is 11.2. The predicted molar refractivity (Wildman–Crippen MR) is 122 cm³/mol. The molecule has 0 saturated carbocycles. The molecular weight excluding hydrogens is 440 g/mol. The minimum absolute atomic E-state index is 0.124. The number of nitrogens with zero attached hydrogens (tertiary/aromatic N) is 3. The van der Waals surface area contributed by atoms with Crippen LogP contribution >= 0.6 is 0 Å². The van der Waals surface area contributed by atoms with Crippen molar-refractivity contribution in [2.45, 2.75) is 51.1 Å². The van der Waals surface area contributed by atoms with E-state index in [1.165, 1.54) is 6.33 Å². The Balaban J connectivity index is 1.52. The van der Waals surface area contributed by atoms with Crippen LogP contribution in [0.25, 0.3) is 5.52 Å². The number of hydrogen-bond acceptors (Lipinski definition) is 8. The molecule has 1 amide bonds. The van der Waals surface area contributed by atoms with Crippen LogP contribution in [0.4, 0.5) is 5.82 Å². The van der Waals surface area contributed by atoms with Gasteiger partial charge in [0.2, 0.25) is 0 Å². The molecule has 0 radical (unpaired) electrons. The van der Waals surface area contributed by atoms with Crippen molar-refractivity contribution in [1.29, 1.82) is 0 Å². The summed E-state index contributed by atoms with van der Waals surface area (Å²) in [7, 11) is 0. The van der Waals surface area contributed by atoms with Crippen LogP contribution in [0, 0.1) is 5.92 Å². The van der Waals surface area contributed by atoms with Crippen LogP contribution in [0.3, 0.4) is 0 Å². The fourth-order valence-electron chi connectivity index (χ4n) is 3.91. The molecule has 0 spiro atoms. The molecule has 0 aliphatic carbocycles. The van der Waals surface area contributed by atoms with Gasteiger partial charge in [0.1, 0.15) is 36.8 Å². The molecule has 0 bridgehead atoms. The number of amides is 1. The van der Waals surface area contributed by atoms with E-state index in [4.69, 9.17) is 9.47 Å². The van der Waals surface area contributed by atoms with Crippen molar-refractivity contribution in [2.75, 3.05) is 11.9 Å². The molecule has 4 rings (SSSR count). The molecule has 3 heterocycles. The van der Waals surface area contributed by atoms with E-state index in [1.54, 1.807) is 40.9 Å². The Morgan fingerprint density at radius 3 is 2.71 bits per heavy atom. The maximum Gasteiger partial charge on any atom is 0.306 e. The Kier molecular flexibility index (Phi) is 7.20. The van der Waals surface area contributed by atoms with Crippen molar-refractivity contribution in [1.82, 2.24) is 14.6 Å². The lowest BCUT2D eigenvalue weighted by atomic mass is 9.96. The number of ether oxygens (including phenoxy) is 2. The molecule has 10 heteroatoms. The Hall–Kier alpha value is -3.34. The number of carbonyl (C=O) groups is 2. The predicted octanol–water partition coefficient (Wildman–Crippen LogP) is 2.12. The standard InChI is InChI=1S/C24H28N4O6/c1-14(2)10-21(30)33-12-20-22(31)18(29)11-19(34-20)16-8-9-17-23(25-13-26-28(16)17)27-24(32)15-6-4-3-5-7-15/h3-9,13-14,18-20,22,29,31H,10-12H2,1-2H3,(H,25,26,27,32)/t18-,19+,20+,22-/m0/s1. The summed E-state index contributed by atoms with van der Waals surface area (Å²) in [4.78, 5) is 28.7. The second-order valence-electron chi connectivity index (χ2n) is 8.72. The Morgan fingerprint density at radius 2 is 1.97 bits per heavy atom. The number of anilines is 1. The number of fused-ring (bicyclic) bond motifs is 1. The van der Waals surface area contributed by atoms with Gasteiger partial charge in [0.05, 0.1) is 11.8 Å². The third kappa shape index (κ3) is 5.24. The largest absolute Gasteiger partial charge is 0.463 e. The lowest BCUT2D eigenvalue weighted by Crippen LogP contribution is -2.48. The summed E-state index contributed by atoms with van der Waals surface area (Å²) < 4.78 is 12.8. The zero-order chi connectivity index (χ0) is 24.2. The first-order chi connectivity index (χ1) is 16.3. The Bertz CT molecular complexity index is 1150. The summed E-state index contributed by atoms with van der Waals surface area (Å²) in [5.74, 6) is -0.223. The van der Waals surface area contributed by atoms with Gasteiger partial charge in [0, 0.05) is 18.4 Å². The van der Waals surface area contributed by atoms with E-state index >= 15 is 0 Å². The monoisotopic (exact) mass is 468 g/mol. The number of nitrogens with one attached hydrogen (secondary N) is 1. The first kappa shape index (κ1) is 23.8. The van der Waals surface area contributed by atoms with E-state index in [1.807, 2.05) is 19.9 Å². The van der Waals surface area contributed by atoms with E-state index in [2.05, 4.69) is 15.4 Å². The normalized spacial score (nSPS) is 22.6. The number of aliphatic hydroxyl groups is 2. The smallest absolute Gasteiger partial charge is 0.306 e. The van der Waals surface area contributed by atoms with Crippen molar-refractivity contribution in [3.8, 4) is 0 Å². The molecule has 1 aromatic carbocycles. The zero-order valence-corrected chi connectivity index (χ0v) is 19.0. The van der Waals surface area contributed by atoms with Crippen LogP contribution in [0.1, 0.15) is 48.8 Å². The highest BCUT2D eigenvalue weighted by molar-refractivity contribution is 6.05. The van der Waals surface area contributed by atoms with Crippen molar-refractivity contribution >= 4 is 23.2 Å². The highest BCUT2D eigenvalue weighted by atomic mass is 16.6. The van der Waals surface area contributed by atoms with E-state index in [0.717, 1.165) is 0 Å². The average molecular weight is 469 g/mol. The summed E-state index contributed by atoms with van der Waals surface area (Å²) in [5.41, 5.74) is 1.65. The Labute approximate surface area is 196 Å². The van der Waals surface area contributed by atoms with E-state index in [9.17, 15) is 19.8 Å². The van der Waals surface area contributed by atoms with Gasteiger partial charge in [-0.1, -0.05) is 32.0 Å². The molecule has 1 fully saturated rings. The van der Waals surface area contributed by atoms with E-state index in [0.29, 0.717) is 22.6 Å². The van der Waals surface area contributed by atoms with Crippen molar-refractivity contribution < 1.29 is 29.3 Å².